The number of ether oxygens (including phenoxy) is 2. The molecule has 0 heterocycles. The molecule has 0 aromatic rings. The van der Waals surface area contributed by atoms with Gasteiger partial charge in [-0.2, -0.15) is 0 Å². The smallest absolute Gasteiger partial charge is 0.0969 e. The Bertz CT molecular complexity index is 169. The van der Waals surface area contributed by atoms with Gasteiger partial charge in [0.25, 0.3) is 0 Å². The minimum absolute atomic E-state index is 0.0725. The Labute approximate surface area is 100 Å². The van der Waals surface area contributed by atoms with Crippen LogP contribution in [0.2, 0.25) is 0 Å². The Morgan fingerprint density at radius 1 is 1.00 bits per heavy atom. The molecule has 4 heteroatoms. The van der Waals surface area contributed by atoms with Crippen molar-refractivity contribution < 1.29 is 9.47 Å². The molecule has 0 bridgehead atoms. The predicted molar refractivity (Wildman–Crippen MR) is 67.9 cm³/mol. The van der Waals surface area contributed by atoms with E-state index in [9.17, 15) is 0 Å². The third kappa shape index (κ3) is 7.17. The highest BCUT2D eigenvalue weighted by molar-refractivity contribution is 4.79. The predicted octanol–water partition coefficient (Wildman–Crippen LogP) is 1.01. The van der Waals surface area contributed by atoms with Crippen LogP contribution in [0.25, 0.3) is 0 Å². The van der Waals surface area contributed by atoms with E-state index in [0.717, 1.165) is 19.6 Å². The summed E-state index contributed by atoms with van der Waals surface area (Å²) in [4.78, 5) is 0. The third-order valence-electron chi connectivity index (χ3n) is 2.45. The summed E-state index contributed by atoms with van der Waals surface area (Å²) in [5.74, 6) is 0. The molecule has 4 nitrogen and oxygen atoms in total. The molecule has 2 atom stereocenters. The molecule has 0 aliphatic heterocycles. The standard InChI is InChI=1S/C12H28N2O2/c1-7-13-8-10(15-5)11(16-6)9-14-12(2,3)4/h10-11,13-14H,7-9H2,1-6H3. The van der Waals surface area contributed by atoms with E-state index < -0.39 is 0 Å². The number of likely N-dealkylation sites (N-methyl/N-ethyl adjacent to an activating group) is 1. The lowest BCUT2D eigenvalue weighted by molar-refractivity contribution is -0.0353. The van der Waals surface area contributed by atoms with E-state index in [1.165, 1.54) is 0 Å². The maximum Gasteiger partial charge on any atom is 0.0969 e. The van der Waals surface area contributed by atoms with Crippen molar-refractivity contribution in [2.75, 3.05) is 33.9 Å². The Balaban J connectivity index is 4.11. The van der Waals surface area contributed by atoms with E-state index in [-0.39, 0.29) is 17.7 Å². The molecule has 0 saturated carbocycles. The fraction of sp³-hybridized carbons (Fsp3) is 1.00. The fourth-order valence-electron chi connectivity index (χ4n) is 1.43. The number of methoxy groups -OCH3 is 2. The van der Waals surface area contributed by atoms with Crippen molar-refractivity contribution >= 4 is 0 Å². The van der Waals surface area contributed by atoms with Gasteiger partial charge < -0.3 is 20.1 Å². The van der Waals surface area contributed by atoms with Crippen LogP contribution in [0.3, 0.4) is 0 Å². The van der Waals surface area contributed by atoms with E-state index in [1.807, 2.05) is 0 Å². The molecule has 0 saturated heterocycles. The van der Waals surface area contributed by atoms with Crippen LogP contribution in [0.5, 0.6) is 0 Å². The first kappa shape index (κ1) is 15.8. The van der Waals surface area contributed by atoms with Gasteiger partial charge in [0.15, 0.2) is 0 Å². The Morgan fingerprint density at radius 2 is 1.50 bits per heavy atom. The summed E-state index contributed by atoms with van der Waals surface area (Å²) in [5.41, 5.74) is 0.104. The van der Waals surface area contributed by atoms with Crippen molar-refractivity contribution in [3.8, 4) is 0 Å². The quantitative estimate of drug-likeness (QED) is 0.655. The monoisotopic (exact) mass is 232 g/mol. The van der Waals surface area contributed by atoms with Gasteiger partial charge in [-0.1, -0.05) is 6.92 Å². The van der Waals surface area contributed by atoms with E-state index in [0.29, 0.717) is 0 Å². The molecule has 0 radical (unpaired) electrons. The van der Waals surface area contributed by atoms with Crippen molar-refractivity contribution in [1.29, 1.82) is 0 Å². The molecule has 0 spiro atoms. The van der Waals surface area contributed by atoms with E-state index in [4.69, 9.17) is 9.47 Å². The lowest BCUT2D eigenvalue weighted by atomic mass is 10.1. The maximum absolute atomic E-state index is 5.47. The largest absolute Gasteiger partial charge is 0.377 e. The van der Waals surface area contributed by atoms with Gasteiger partial charge in [0.2, 0.25) is 0 Å². The minimum atomic E-state index is 0.0725. The topological polar surface area (TPSA) is 42.5 Å². The molecule has 0 aromatic carbocycles. The summed E-state index contributed by atoms with van der Waals surface area (Å²) >= 11 is 0. The van der Waals surface area contributed by atoms with Gasteiger partial charge in [0.1, 0.15) is 0 Å². The van der Waals surface area contributed by atoms with Crippen LogP contribution in [0.15, 0.2) is 0 Å². The van der Waals surface area contributed by atoms with Crippen LogP contribution in [0.4, 0.5) is 0 Å². The zero-order chi connectivity index (χ0) is 12.6. The van der Waals surface area contributed by atoms with Crippen molar-refractivity contribution in [3.63, 3.8) is 0 Å². The van der Waals surface area contributed by atoms with E-state index >= 15 is 0 Å². The summed E-state index contributed by atoms with van der Waals surface area (Å²) < 4.78 is 10.9. The maximum atomic E-state index is 5.47. The first-order valence-corrected chi connectivity index (χ1v) is 5.96. The van der Waals surface area contributed by atoms with Gasteiger partial charge in [0.05, 0.1) is 12.2 Å². The molecule has 0 fully saturated rings. The summed E-state index contributed by atoms with van der Waals surface area (Å²) in [6, 6.07) is 0. The molecular formula is C12H28N2O2. The van der Waals surface area contributed by atoms with E-state index in [1.54, 1.807) is 14.2 Å². The Hall–Kier alpha value is -0.160. The molecule has 0 aromatic heterocycles. The lowest BCUT2D eigenvalue weighted by Gasteiger charge is -2.29. The number of rotatable bonds is 8. The van der Waals surface area contributed by atoms with Crippen LogP contribution in [-0.2, 0) is 9.47 Å². The van der Waals surface area contributed by atoms with E-state index in [2.05, 4.69) is 38.3 Å². The van der Waals surface area contributed by atoms with Crippen molar-refractivity contribution in [2.45, 2.75) is 45.4 Å². The van der Waals surface area contributed by atoms with Crippen LogP contribution in [-0.4, -0.2) is 51.6 Å². The number of hydrogen-bond acceptors (Lipinski definition) is 4. The van der Waals surface area contributed by atoms with Crippen molar-refractivity contribution in [3.05, 3.63) is 0 Å². The van der Waals surface area contributed by atoms with Gasteiger partial charge in [-0.05, 0) is 27.3 Å². The average Bonchev–Trinajstić information content (AvgIpc) is 2.21. The van der Waals surface area contributed by atoms with Crippen molar-refractivity contribution in [1.82, 2.24) is 10.6 Å². The summed E-state index contributed by atoms with van der Waals surface area (Å²) in [6.07, 6.45) is 0.156. The second kappa shape index (κ2) is 8.01. The number of hydrogen-bond donors (Lipinski definition) is 2. The fourth-order valence-corrected chi connectivity index (χ4v) is 1.43. The summed E-state index contributed by atoms with van der Waals surface area (Å²) in [6.45, 7) is 11.1. The third-order valence-corrected chi connectivity index (χ3v) is 2.45. The van der Waals surface area contributed by atoms with Gasteiger partial charge in [-0.15, -0.1) is 0 Å². The Morgan fingerprint density at radius 3 is 1.88 bits per heavy atom. The molecule has 2 N–H and O–H groups in total. The molecule has 0 rings (SSSR count). The van der Waals surface area contributed by atoms with Crippen LogP contribution in [0, 0.1) is 0 Å². The summed E-state index contributed by atoms with van der Waals surface area (Å²) in [5, 5.41) is 6.71. The second-order valence-electron chi connectivity index (χ2n) is 4.99. The Kier molecular flexibility index (Phi) is 7.93. The zero-order valence-electron chi connectivity index (χ0n) is 11.6. The zero-order valence-corrected chi connectivity index (χ0v) is 11.6. The van der Waals surface area contributed by atoms with Gasteiger partial charge in [-0.25, -0.2) is 0 Å². The molecule has 0 amide bonds. The van der Waals surface area contributed by atoms with Gasteiger partial charge in [-0.3, -0.25) is 0 Å². The molecule has 0 aliphatic rings. The molecular weight excluding hydrogens is 204 g/mol. The van der Waals surface area contributed by atoms with Crippen LogP contribution < -0.4 is 10.6 Å². The lowest BCUT2D eigenvalue weighted by Crippen LogP contribution is -2.48. The molecule has 0 aliphatic carbocycles. The van der Waals surface area contributed by atoms with Gasteiger partial charge in [0, 0.05) is 32.8 Å². The second-order valence-corrected chi connectivity index (χ2v) is 4.99. The SMILES string of the molecule is CCNCC(OC)C(CNC(C)(C)C)OC. The highest BCUT2D eigenvalue weighted by Crippen LogP contribution is 2.04. The molecule has 2 unspecified atom stereocenters. The highest BCUT2D eigenvalue weighted by atomic mass is 16.5. The first-order chi connectivity index (χ1) is 7.44. The molecule has 16 heavy (non-hydrogen) atoms. The highest BCUT2D eigenvalue weighted by Gasteiger charge is 2.22. The number of nitrogens with one attached hydrogen (secondary N) is 2. The first-order valence-electron chi connectivity index (χ1n) is 5.96. The average molecular weight is 232 g/mol. The minimum Gasteiger partial charge on any atom is -0.377 e. The van der Waals surface area contributed by atoms with Crippen molar-refractivity contribution in [2.24, 2.45) is 0 Å². The normalized spacial score (nSPS) is 16.1. The van der Waals surface area contributed by atoms with Crippen LogP contribution in [0.1, 0.15) is 27.7 Å². The van der Waals surface area contributed by atoms with Crippen LogP contribution >= 0.6 is 0 Å². The van der Waals surface area contributed by atoms with Gasteiger partial charge >= 0.3 is 0 Å². The summed E-state index contributed by atoms with van der Waals surface area (Å²) in [7, 11) is 3.46. The molecule has 98 valence electrons.